The molecule has 1 N–H and O–H groups in total. The fourth-order valence-electron chi connectivity index (χ4n) is 1.33. The lowest BCUT2D eigenvalue weighted by atomic mass is 10.2. The molecule has 0 heterocycles. The van der Waals surface area contributed by atoms with E-state index < -0.39 is 0 Å². The van der Waals surface area contributed by atoms with Gasteiger partial charge in [-0.1, -0.05) is 35.8 Å². The molecule has 84 valence electrons. The molecule has 0 aliphatic rings. The summed E-state index contributed by atoms with van der Waals surface area (Å²) in [6.07, 6.45) is 1.18. The molecule has 0 unspecified atom stereocenters. The van der Waals surface area contributed by atoms with Crippen molar-refractivity contribution in [3.05, 3.63) is 28.2 Å². The fourth-order valence-corrected chi connectivity index (χ4v) is 2.70. The Labute approximate surface area is 105 Å². The van der Waals surface area contributed by atoms with Crippen molar-refractivity contribution >= 4 is 27.7 Å². The largest absolute Gasteiger partial charge is 0.313 e. The number of halogens is 1. The van der Waals surface area contributed by atoms with E-state index in [1.54, 1.807) is 0 Å². The maximum absolute atomic E-state index is 3.62. The molecule has 0 saturated heterocycles. The van der Waals surface area contributed by atoms with Crippen molar-refractivity contribution in [3.8, 4) is 0 Å². The highest BCUT2D eigenvalue weighted by Crippen LogP contribution is 2.25. The first-order chi connectivity index (χ1) is 7.27. The third-order valence-electron chi connectivity index (χ3n) is 2.08. The molecular formula is C12H18BrNS. The number of benzene rings is 1. The van der Waals surface area contributed by atoms with Crippen molar-refractivity contribution in [3.63, 3.8) is 0 Å². The zero-order valence-corrected chi connectivity index (χ0v) is 11.7. The Morgan fingerprint density at radius 3 is 2.73 bits per heavy atom. The van der Waals surface area contributed by atoms with Crippen molar-refractivity contribution in [2.45, 2.75) is 31.7 Å². The van der Waals surface area contributed by atoms with E-state index in [4.69, 9.17) is 0 Å². The number of hydrogen-bond acceptors (Lipinski definition) is 2. The van der Waals surface area contributed by atoms with Crippen LogP contribution in [-0.4, -0.2) is 12.3 Å². The molecule has 0 fully saturated rings. The highest BCUT2D eigenvalue weighted by molar-refractivity contribution is 9.10. The van der Waals surface area contributed by atoms with Crippen LogP contribution in [0.2, 0.25) is 0 Å². The molecule has 0 spiro atoms. The smallest absolute Gasteiger partial charge is 0.0231 e. The van der Waals surface area contributed by atoms with E-state index in [0.717, 1.165) is 18.8 Å². The summed E-state index contributed by atoms with van der Waals surface area (Å²) >= 11 is 5.49. The molecule has 1 rings (SSSR count). The van der Waals surface area contributed by atoms with Crippen LogP contribution < -0.4 is 5.32 Å². The Bertz CT molecular complexity index is 302. The minimum absolute atomic E-state index is 0.950. The Kier molecular flexibility index (Phi) is 6.37. The van der Waals surface area contributed by atoms with Crippen LogP contribution in [0.25, 0.3) is 0 Å². The van der Waals surface area contributed by atoms with Crippen LogP contribution in [0.15, 0.2) is 27.6 Å². The third kappa shape index (κ3) is 4.58. The Hall–Kier alpha value is 0.01000. The summed E-state index contributed by atoms with van der Waals surface area (Å²) in [4.78, 5) is 1.34. The zero-order chi connectivity index (χ0) is 11.1. The fraction of sp³-hybridized carbons (Fsp3) is 0.500. The SMILES string of the molecule is CCCNCc1ccc(SCC)cc1Br. The van der Waals surface area contributed by atoms with E-state index in [-0.39, 0.29) is 0 Å². The average Bonchev–Trinajstić information content (AvgIpc) is 2.22. The highest BCUT2D eigenvalue weighted by Gasteiger charge is 2.00. The summed E-state index contributed by atoms with van der Waals surface area (Å²) in [5.74, 6) is 1.12. The standard InChI is InChI=1S/C12H18BrNS/c1-3-7-14-9-10-5-6-11(15-4-2)8-12(10)13/h5-6,8,14H,3-4,7,9H2,1-2H3. The zero-order valence-electron chi connectivity index (χ0n) is 9.35. The van der Waals surface area contributed by atoms with Gasteiger partial charge in [-0.05, 0) is 36.4 Å². The van der Waals surface area contributed by atoms with Crippen LogP contribution in [0.5, 0.6) is 0 Å². The molecular weight excluding hydrogens is 270 g/mol. The first-order valence-electron chi connectivity index (χ1n) is 5.39. The second kappa shape index (κ2) is 7.31. The highest BCUT2D eigenvalue weighted by atomic mass is 79.9. The van der Waals surface area contributed by atoms with E-state index in [2.05, 4.69) is 53.3 Å². The quantitative estimate of drug-likeness (QED) is 0.626. The van der Waals surface area contributed by atoms with E-state index in [0.29, 0.717) is 0 Å². The molecule has 0 radical (unpaired) electrons. The average molecular weight is 288 g/mol. The molecule has 1 nitrogen and oxygen atoms in total. The van der Waals surface area contributed by atoms with Gasteiger partial charge < -0.3 is 5.32 Å². The molecule has 0 aliphatic carbocycles. The molecule has 1 aromatic carbocycles. The van der Waals surface area contributed by atoms with Crippen LogP contribution in [0.1, 0.15) is 25.8 Å². The summed E-state index contributed by atoms with van der Waals surface area (Å²) < 4.78 is 1.21. The number of rotatable bonds is 6. The van der Waals surface area contributed by atoms with Crippen LogP contribution in [0.3, 0.4) is 0 Å². The van der Waals surface area contributed by atoms with E-state index in [1.165, 1.54) is 21.4 Å². The predicted molar refractivity (Wildman–Crippen MR) is 72.5 cm³/mol. The number of hydrogen-bond donors (Lipinski definition) is 1. The third-order valence-corrected chi connectivity index (χ3v) is 3.69. The first-order valence-corrected chi connectivity index (χ1v) is 7.17. The van der Waals surface area contributed by atoms with Crippen molar-refractivity contribution in [2.75, 3.05) is 12.3 Å². The Morgan fingerprint density at radius 2 is 2.13 bits per heavy atom. The van der Waals surface area contributed by atoms with Crippen LogP contribution in [0.4, 0.5) is 0 Å². The minimum atomic E-state index is 0.950. The topological polar surface area (TPSA) is 12.0 Å². The normalized spacial score (nSPS) is 10.6. The molecule has 0 bridgehead atoms. The lowest BCUT2D eigenvalue weighted by Crippen LogP contribution is -2.14. The Balaban J connectivity index is 2.58. The molecule has 0 amide bonds. The maximum atomic E-state index is 3.62. The maximum Gasteiger partial charge on any atom is 0.0231 e. The van der Waals surface area contributed by atoms with Crippen molar-refractivity contribution in [2.24, 2.45) is 0 Å². The monoisotopic (exact) mass is 287 g/mol. The number of thioether (sulfide) groups is 1. The first kappa shape index (κ1) is 13.1. The summed E-state index contributed by atoms with van der Waals surface area (Å²) in [5.41, 5.74) is 1.34. The number of nitrogens with one attached hydrogen (secondary N) is 1. The van der Waals surface area contributed by atoms with Gasteiger partial charge in [-0.25, -0.2) is 0 Å². The summed E-state index contributed by atoms with van der Waals surface area (Å²) in [6, 6.07) is 6.60. The van der Waals surface area contributed by atoms with Gasteiger partial charge in [0, 0.05) is 15.9 Å². The summed E-state index contributed by atoms with van der Waals surface area (Å²) in [7, 11) is 0. The molecule has 0 aromatic heterocycles. The Morgan fingerprint density at radius 1 is 1.33 bits per heavy atom. The van der Waals surface area contributed by atoms with Gasteiger partial charge in [0.2, 0.25) is 0 Å². The van der Waals surface area contributed by atoms with Gasteiger partial charge in [0.1, 0.15) is 0 Å². The lowest BCUT2D eigenvalue weighted by Gasteiger charge is -2.07. The van der Waals surface area contributed by atoms with Crippen LogP contribution >= 0.6 is 27.7 Å². The van der Waals surface area contributed by atoms with Gasteiger partial charge in [0.25, 0.3) is 0 Å². The molecule has 15 heavy (non-hydrogen) atoms. The van der Waals surface area contributed by atoms with Gasteiger partial charge in [0.15, 0.2) is 0 Å². The van der Waals surface area contributed by atoms with Gasteiger partial charge in [-0.15, -0.1) is 11.8 Å². The van der Waals surface area contributed by atoms with Crippen molar-refractivity contribution in [1.29, 1.82) is 0 Å². The van der Waals surface area contributed by atoms with E-state index >= 15 is 0 Å². The van der Waals surface area contributed by atoms with E-state index in [1.807, 2.05) is 11.8 Å². The van der Waals surface area contributed by atoms with Crippen molar-refractivity contribution < 1.29 is 0 Å². The molecule has 1 aromatic rings. The van der Waals surface area contributed by atoms with Gasteiger partial charge >= 0.3 is 0 Å². The molecule has 0 atom stereocenters. The van der Waals surface area contributed by atoms with Crippen molar-refractivity contribution in [1.82, 2.24) is 5.32 Å². The van der Waals surface area contributed by atoms with Crippen LogP contribution in [0, 0.1) is 0 Å². The molecule has 0 aliphatic heterocycles. The predicted octanol–water partition coefficient (Wildman–Crippen LogP) is 4.06. The minimum Gasteiger partial charge on any atom is -0.313 e. The van der Waals surface area contributed by atoms with Gasteiger partial charge in [-0.2, -0.15) is 0 Å². The molecule has 3 heteroatoms. The van der Waals surface area contributed by atoms with Gasteiger partial charge in [-0.3, -0.25) is 0 Å². The summed E-state index contributed by atoms with van der Waals surface area (Å²) in [6.45, 7) is 6.39. The lowest BCUT2D eigenvalue weighted by molar-refractivity contribution is 0.673. The second-order valence-corrected chi connectivity index (χ2v) is 5.55. The second-order valence-electron chi connectivity index (χ2n) is 3.36. The van der Waals surface area contributed by atoms with E-state index in [9.17, 15) is 0 Å². The molecule has 0 saturated carbocycles. The summed E-state index contributed by atoms with van der Waals surface area (Å²) in [5, 5.41) is 3.41. The van der Waals surface area contributed by atoms with Gasteiger partial charge in [0.05, 0.1) is 0 Å². The van der Waals surface area contributed by atoms with Crippen LogP contribution in [-0.2, 0) is 6.54 Å².